The van der Waals surface area contributed by atoms with E-state index in [0.29, 0.717) is 16.1 Å². The molecule has 0 fully saturated rings. The smallest absolute Gasteiger partial charge is 0.339 e. The van der Waals surface area contributed by atoms with Crippen LogP contribution in [-0.4, -0.2) is 30.0 Å². The quantitative estimate of drug-likeness (QED) is 0.565. The van der Waals surface area contributed by atoms with Crippen LogP contribution in [-0.2, 0) is 20.7 Å². The lowest BCUT2D eigenvalue weighted by Gasteiger charge is -2.09. The average Bonchev–Trinajstić information content (AvgIpc) is 2.65. The zero-order valence-corrected chi connectivity index (χ0v) is 15.6. The molecule has 1 amide bonds. The molecule has 136 valence electrons. The minimum Gasteiger partial charge on any atom is -0.452 e. The van der Waals surface area contributed by atoms with E-state index in [9.17, 15) is 14.4 Å². The lowest BCUT2D eigenvalue weighted by atomic mass is 10.1. The Morgan fingerprint density at radius 1 is 1.04 bits per heavy atom. The van der Waals surface area contributed by atoms with Gasteiger partial charge in [0.1, 0.15) is 5.78 Å². The molecule has 26 heavy (non-hydrogen) atoms. The number of amides is 1. The second-order valence-corrected chi connectivity index (χ2v) is 6.68. The van der Waals surface area contributed by atoms with Crippen LogP contribution in [0.5, 0.6) is 0 Å². The van der Waals surface area contributed by atoms with E-state index in [2.05, 4.69) is 12.2 Å². The Kier molecular flexibility index (Phi) is 7.41. The molecule has 0 aliphatic rings. The van der Waals surface area contributed by atoms with Gasteiger partial charge < -0.3 is 10.1 Å². The Balaban J connectivity index is 1.91. The summed E-state index contributed by atoms with van der Waals surface area (Å²) in [7, 11) is 0. The van der Waals surface area contributed by atoms with Gasteiger partial charge in [-0.15, -0.1) is 11.8 Å². The molecule has 0 aliphatic carbocycles. The molecule has 2 aromatic rings. The molecule has 0 radical (unpaired) electrons. The number of hydrogen-bond acceptors (Lipinski definition) is 5. The van der Waals surface area contributed by atoms with E-state index in [1.807, 2.05) is 24.3 Å². The Labute approximate surface area is 157 Å². The summed E-state index contributed by atoms with van der Waals surface area (Å²) >= 11 is 1.27. The number of anilines is 1. The van der Waals surface area contributed by atoms with Crippen LogP contribution in [0.15, 0.2) is 53.4 Å². The van der Waals surface area contributed by atoms with E-state index < -0.39 is 11.9 Å². The van der Waals surface area contributed by atoms with Crippen molar-refractivity contribution in [2.45, 2.75) is 25.2 Å². The molecule has 2 aromatic carbocycles. The van der Waals surface area contributed by atoms with E-state index in [-0.39, 0.29) is 18.1 Å². The molecule has 0 aromatic heterocycles. The van der Waals surface area contributed by atoms with Crippen LogP contribution < -0.4 is 5.32 Å². The standard InChI is InChI=1S/C20H21NO4S/c1-3-15-8-10-16(11-9-15)21-19(23)12-25-20(24)17-6-4-5-7-18(17)26-13-14(2)22/h4-11H,3,12-13H2,1-2H3,(H,21,23). The third kappa shape index (κ3) is 6.04. The lowest BCUT2D eigenvalue weighted by molar-refractivity contribution is -0.119. The first kappa shape index (κ1) is 19.7. The predicted molar refractivity (Wildman–Crippen MR) is 103 cm³/mol. The van der Waals surface area contributed by atoms with Gasteiger partial charge in [0.2, 0.25) is 0 Å². The van der Waals surface area contributed by atoms with Crippen molar-refractivity contribution < 1.29 is 19.1 Å². The van der Waals surface area contributed by atoms with Crippen molar-refractivity contribution in [1.29, 1.82) is 0 Å². The topological polar surface area (TPSA) is 72.5 Å². The van der Waals surface area contributed by atoms with Gasteiger partial charge in [-0.05, 0) is 43.2 Å². The van der Waals surface area contributed by atoms with Gasteiger partial charge in [0, 0.05) is 10.6 Å². The molecular formula is C20H21NO4S. The third-order valence-corrected chi connectivity index (χ3v) is 4.74. The molecule has 0 heterocycles. The molecule has 1 N–H and O–H groups in total. The van der Waals surface area contributed by atoms with Crippen LogP contribution in [0.1, 0.15) is 29.8 Å². The summed E-state index contributed by atoms with van der Waals surface area (Å²) in [5.41, 5.74) is 2.17. The monoisotopic (exact) mass is 371 g/mol. The van der Waals surface area contributed by atoms with E-state index >= 15 is 0 Å². The van der Waals surface area contributed by atoms with Crippen molar-refractivity contribution in [2.24, 2.45) is 0 Å². The van der Waals surface area contributed by atoms with Crippen molar-refractivity contribution in [3.05, 3.63) is 59.7 Å². The van der Waals surface area contributed by atoms with E-state index in [4.69, 9.17) is 4.74 Å². The summed E-state index contributed by atoms with van der Waals surface area (Å²) < 4.78 is 5.11. The van der Waals surface area contributed by atoms with E-state index in [1.54, 1.807) is 24.3 Å². The fraction of sp³-hybridized carbons (Fsp3) is 0.250. The number of esters is 1. The molecule has 5 nitrogen and oxygen atoms in total. The summed E-state index contributed by atoms with van der Waals surface area (Å²) in [6, 6.07) is 14.4. The number of carbonyl (C=O) groups excluding carboxylic acids is 3. The Morgan fingerprint density at radius 2 is 1.73 bits per heavy atom. The largest absolute Gasteiger partial charge is 0.452 e. The van der Waals surface area contributed by atoms with Crippen molar-refractivity contribution in [3.8, 4) is 0 Å². The minimum atomic E-state index is -0.590. The highest BCUT2D eigenvalue weighted by atomic mass is 32.2. The number of benzene rings is 2. The maximum Gasteiger partial charge on any atom is 0.339 e. The molecule has 0 spiro atoms. The van der Waals surface area contributed by atoms with Crippen LogP contribution in [0.25, 0.3) is 0 Å². The summed E-state index contributed by atoms with van der Waals surface area (Å²) in [5, 5.41) is 2.69. The number of Topliss-reactive ketones (excluding diaryl/α,β-unsaturated/α-hetero) is 1. The number of aryl methyl sites for hydroxylation is 1. The van der Waals surface area contributed by atoms with Crippen molar-refractivity contribution >= 4 is 35.1 Å². The summed E-state index contributed by atoms with van der Waals surface area (Å²) in [5.74, 6) is -0.699. The highest BCUT2D eigenvalue weighted by Gasteiger charge is 2.15. The number of ether oxygens (including phenoxy) is 1. The highest BCUT2D eigenvalue weighted by Crippen LogP contribution is 2.23. The molecule has 0 atom stereocenters. The number of nitrogens with one attached hydrogen (secondary N) is 1. The number of rotatable bonds is 8. The molecule has 0 saturated carbocycles. The molecule has 0 unspecified atom stereocenters. The van der Waals surface area contributed by atoms with Gasteiger partial charge in [0.25, 0.3) is 5.91 Å². The third-order valence-electron chi connectivity index (χ3n) is 3.52. The van der Waals surface area contributed by atoms with E-state index in [1.165, 1.54) is 24.2 Å². The van der Waals surface area contributed by atoms with Gasteiger partial charge in [0.05, 0.1) is 11.3 Å². The molecule has 0 aliphatic heterocycles. The van der Waals surface area contributed by atoms with Crippen LogP contribution in [0, 0.1) is 0 Å². The summed E-state index contributed by atoms with van der Waals surface area (Å²) in [6.45, 7) is 3.17. The first-order chi connectivity index (χ1) is 12.5. The fourth-order valence-corrected chi connectivity index (χ4v) is 3.01. The Hall–Kier alpha value is -2.60. The number of ketones is 1. The van der Waals surface area contributed by atoms with E-state index in [0.717, 1.165) is 6.42 Å². The van der Waals surface area contributed by atoms with Crippen LogP contribution in [0.4, 0.5) is 5.69 Å². The molecular weight excluding hydrogens is 350 g/mol. The van der Waals surface area contributed by atoms with Gasteiger partial charge >= 0.3 is 5.97 Å². The molecule has 0 bridgehead atoms. The van der Waals surface area contributed by atoms with Crippen LogP contribution >= 0.6 is 11.8 Å². The lowest BCUT2D eigenvalue weighted by Crippen LogP contribution is -2.21. The summed E-state index contributed by atoms with van der Waals surface area (Å²) in [6.07, 6.45) is 0.924. The zero-order valence-electron chi connectivity index (χ0n) is 14.8. The second kappa shape index (κ2) is 9.77. The molecule has 0 saturated heterocycles. The number of carbonyl (C=O) groups is 3. The van der Waals surface area contributed by atoms with Gasteiger partial charge in [-0.25, -0.2) is 4.79 Å². The number of hydrogen-bond donors (Lipinski definition) is 1. The first-order valence-electron chi connectivity index (χ1n) is 8.26. The zero-order chi connectivity index (χ0) is 18.9. The fourth-order valence-electron chi connectivity index (χ4n) is 2.17. The molecule has 6 heteroatoms. The SMILES string of the molecule is CCc1ccc(NC(=O)COC(=O)c2ccccc2SCC(C)=O)cc1. The minimum absolute atomic E-state index is 0.0200. The maximum atomic E-state index is 12.3. The Bertz CT molecular complexity index is 787. The maximum absolute atomic E-state index is 12.3. The van der Waals surface area contributed by atoms with Gasteiger partial charge in [-0.3, -0.25) is 9.59 Å². The predicted octanol–water partition coefficient (Wildman–Crippen LogP) is 3.73. The van der Waals surface area contributed by atoms with Crippen molar-refractivity contribution in [1.82, 2.24) is 0 Å². The van der Waals surface area contributed by atoms with Gasteiger partial charge in [0.15, 0.2) is 6.61 Å². The molecule has 2 rings (SSSR count). The van der Waals surface area contributed by atoms with Crippen molar-refractivity contribution in [3.63, 3.8) is 0 Å². The van der Waals surface area contributed by atoms with Crippen molar-refractivity contribution in [2.75, 3.05) is 17.7 Å². The van der Waals surface area contributed by atoms with Gasteiger partial charge in [-0.1, -0.05) is 31.2 Å². The normalized spacial score (nSPS) is 10.2. The van der Waals surface area contributed by atoms with Gasteiger partial charge in [-0.2, -0.15) is 0 Å². The number of thioether (sulfide) groups is 1. The first-order valence-corrected chi connectivity index (χ1v) is 9.25. The average molecular weight is 371 g/mol. The van der Waals surface area contributed by atoms with Crippen LogP contribution in [0.2, 0.25) is 0 Å². The summed E-state index contributed by atoms with van der Waals surface area (Å²) in [4.78, 5) is 36.0. The second-order valence-electron chi connectivity index (χ2n) is 5.66. The van der Waals surface area contributed by atoms with Crippen LogP contribution in [0.3, 0.4) is 0 Å². The Morgan fingerprint density at radius 3 is 2.38 bits per heavy atom. The highest BCUT2D eigenvalue weighted by molar-refractivity contribution is 8.00.